The van der Waals surface area contributed by atoms with Gasteiger partial charge in [0.1, 0.15) is 0 Å². The standard InChI is InChI=1S/C10H15ClS2/c11-9-5-2-1-4-8(9)10-12-6-3-7-13-10/h10H,1-7H2. The summed E-state index contributed by atoms with van der Waals surface area (Å²) in [6, 6.07) is 0. The van der Waals surface area contributed by atoms with Gasteiger partial charge in [-0.05, 0) is 49.2 Å². The Kier molecular flexibility index (Phi) is 3.94. The van der Waals surface area contributed by atoms with Crippen LogP contribution in [0.25, 0.3) is 0 Å². The Hall–Kier alpha value is 0.730. The molecule has 0 bridgehead atoms. The zero-order valence-electron chi connectivity index (χ0n) is 7.72. The van der Waals surface area contributed by atoms with Crippen molar-refractivity contribution in [1.29, 1.82) is 0 Å². The van der Waals surface area contributed by atoms with E-state index in [1.54, 1.807) is 5.57 Å². The zero-order valence-corrected chi connectivity index (χ0v) is 10.1. The molecule has 2 rings (SSSR count). The van der Waals surface area contributed by atoms with Crippen LogP contribution in [0.4, 0.5) is 0 Å². The van der Waals surface area contributed by atoms with Gasteiger partial charge in [0.25, 0.3) is 0 Å². The summed E-state index contributed by atoms with van der Waals surface area (Å²) in [4.78, 5) is 0. The van der Waals surface area contributed by atoms with E-state index in [-0.39, 0.29) is 0 Å². The molecule has 0 aromatic heterocycles. The minimum absolute atomic E-state index is 0.696. The van der Waals surface area contributed by atoms with E-state index in [0.717, 1.165) is 6.42 Å². The first kappa shape index (κ1) is 10.3. The molecule has 0 nitrogen and oxygen atoms in total. The van der Waals surface area contributed by atoms with E-state index in [2.05, 4.69) is 23.5 Å². The molecule has 0 aromatic rings. The van der Waals surface area contributed by atoms with Crippen molar-refractivity contribution in [1.82, 2.24) is 0 Å². The number of halogens is 1. The van der Waals surface area contributed by atoms with Crippen LogP contribution in [-0.2, 0) is 0 Å². The molecule has 0 N–H and O–H groups in total. The lowest BCUT2D eigenvalue weighted by Gasteiger charge is -2.27. The van der Waals surface area contributed by atoms with Crippen LogP contribution >= 0.6 is 35.1 Å². The summed E-state index contributed by atoms with van der Waals surface area (Å²) in [5.41, 5.74) is 1.56. The molecule has 0 radical (unpaired) electrons. The van der Waals surface area contributed by atoms with Crippen molar-refractivity contribution in [3.63, 3.8) is 0 Å². The number of allylic oxidation sites excluding steroid dienone is 1. The van der Waals surface area contributed by atoms with Crippen molar-refractivity contribution >= 4 is 35.1 Å². The van der Waals surface area contributed by atoms with Crippen molar-refractivity contribution in [2.75, 3.05) is 11.5 Å². The van der Waals surface area contributed by atoms with Gasteiger partial charge in [-0.15, -0.1) is 23.5 Å². The van der Waals surface area contributed by atoms with Gasteiger partial charge < -0.3 is 0 Å². The van der Waals surface area contributed by atoms with Crippen molar-refractivity contribution in [2.24, 2.45) is 0 Å². The van der Waals surface area contributed by atoms with Gasteiger partial charge in [0.05, 0.1) is 4.58 Å². The smallest absolute Gasteiger partial charge is 0.0725 e. The summed E-state index contributed by atoms with van der Waals surface area (Å²) in [7, 11) is 0. The van der Waals surface area contributed by atoms with Crippen LogP contribution in [0.5, 0.6) is 0 Å². The predicted octanol–water partition coefficient (Wildman–Crippen LogP) is 4.25. The fourth-order valence-electron chi connectivity index (χ4n) is 1.83. The Bertz CT molecular complexity index is 207. The minimum atomic E-state index is 0.696. The molecule has 0 aromatic carbocycles. The fourth-order valence-corrected chi connectivity index (χ4v) is 5.41. The largest absolute Gasteiger partial charge is 0.143 e. The SMILES string of the molecule is ClC1=C(C2SCCCS2)CCCC1. The monoisotopic (exact) mass is 234 g/mol. The molecule has 74 valence electrons. The summed E-state index contributed by atoms with van der Waals surface area (Å²) in [6.07, 6.45) is 6.41. The molecule has 1 aliphatic heterocycles. The van der Waals surface area contributed by atoms with Crippen LogP contribution in [0.1, 0.15) is 32.1 Å². The van der Waals surface area contributed by atoms with Gasteiger partial charge in [-0.3, -0.25) is 0 Å². The van der Waals surface area contributed by atoms with Crippen molar-refractivity contribution in [3.8, 4) is 0 Å². The average Bonchev–Trinajstić information content (AvgIpc) is 2.20. The highest BCUT2D eigenvalue weighted by Gasteiger charge is 2.23. The third-order valence-electron chi connectivity index (χ3n) is 2.55. The van der Waals surface area contributed by atoms with Crippen LogP contribution in [0.2, 0.25) is 0 Å². The summed E-state index contributed by atoms with van der Waals surface area (Å²) in [5, 5.41) is 1.18. The molecule has 1 fully saturated rings. The summed E-state index contributed by atoms with van der Waals surface area (Å²) < 4.78 is 0.696. The van der Waals surface area contributed by atoms with Crippen LogP contribution in [-0.4, -0.2) is 16.1 Å². The maximum absolute atomic E-state index is 6.27. The van der Waals surface area contributed by atoms with Crippen molar-refractivity contribution in [2.45, 2.75) is 36.7 Å². The van der Waals surface area contributed by atoms with Gasteiger partial charge in [-0.2, -0.15) is 0 Å². The molecule has 0 atom stereocenters. The van der Waals surface area contributed by atoms with Crippen molar-refractivity contribution < 1.29 is 0 Å². The fraction of sp³-hybridized carbons (Fsp3) is 0.800. The third-order valence-corrected chi connectivity index (χ3v) is 6.02. The number of hydrogen-bond acceptors (Lipinski definition) is 2. The molecular formula is C10H15ClS2. The Morgan fingerprint density at radius 2 is 1.69 bits per heavy atom. The quantitative estimate of drug-likeness (QED) is 0.665. The first-order valence-electron chi connectivity index (χ1n) is 4.98. The number of hydrogen-bond donors (Lipinski definition) is 0. The van der Waals surface area contributed by atoms with E-state index < -0.39 is 0 Å². The molecule has 3 heteroatoms. The van der Waals surface area contributed by atoms with Crippen LogP contribution in [0, 0.1) is 0 Å². The molecule has 1 aliphatic carbocycles. The van der Waals surface area contributed by atoms with E-state index in [1.165, 1.54) is 42.2 Å². The van der Waals surface area contributed by atoms with Crippen LogP contribution < -0.4 is 0 Å². The second-order valence-corrected chi connectivity index (χ2v) is 6.74. The molecule has 0 spiro atoms. The van der Waals surface area contributed by atoms with Gasteiger partial charge in [0, 0.05) is 5.03 Å². The highest BCUT2D eigenvalue weighted by molar-refractivity contribution is 8.17. The lowest BCUT2D eigenvalue weighted by molar-refractivity contribution is 0.690. The van der Waals surface area contributed by atoms with Crippen molar-refractivity contribution in [3.05, 3.63) is 10.6 Å². The van der Waals surface area contributed by atoms with Gasteiger partial charge in [0.15, 0.2) is 0 Å². The maximum Gasteiger partial charge on any atom is 0.0725 e. The first-order valence-corrected chi connectivity index (χ1v) is 7.46. The van der Waals surface area contributed by atoms with E-state index in [9.17, 15) is 0 Å². The number of thioether (sulfide) groups is 2. The first-order chi connectivity index (χ1) is 6.38. The summed E-state index contributed by atoms with van der Waals surface area (Å²) >= 11 is 10.5. The Labute approximate surface area is 93.9 Å². The lowest BCUT2D eigenvalue weighted by atomic mass is 10.0. The molecule has 0 saturated carbocycles. The van der Waals surface area contributed by atoms with Crippen LogP contribution in [0.15, 0.2) is 10.6 Å². The van der Waals surface area contributed by atoms with E-state index in [4.69, 9.17) is 11.6 Å². The maximum atomic E-state index is 6.27. The normalized spacial score (nSPS) is 26.5. The van der Waals surface area contributed by atoms with Crippen LogP contribution in [0.3, 0.4) is 0 Å². The third kappa shape index (κ3) is 2.60. The highest BCUT2D eigenvalue weighted by Crippen LogP contribution is 2.42. The van der Waals surface area contributed by atoms with E-state index >= 15 is 0 Å². The number of rotatable bonds is 1. The molecule has 0 unspecified atom stereocenters. The molecular weight excluding hydrogens is 220 g/mol. The van der Waals surface area contributed by atoms with Gasteiger partial charge in [0.2, 0.25) is 0 Å². The Balaban J connectivity index is 2.04. The molecule has 1 saturated heterocycles. The second-order valence-electron chi connectivity index (χ2n) is 3.56. The minimum Gasteiger partial charge on any atom is -0.143 e. The Morgan fingerprint density at radius 1 is 1.00 bits per heavy atom. The van der Waals surface area contributed by atoms with Gasteiger partial charge in [-0.1, -0.05) is 11.6 Å². The second kappa shape index (κ2) is 4.99. The summed E-state index contributed by atoms with van der Waals surface area (Å²) in [6.45, 7) is 0. The molecule has 2 aliphatic rings. The van der Waals surface area contributed by atoms with Gasteiger partial charge >= 0.3 is 0 Å². The average molecular weight is 235 g/mol. The molecule has 1 heterocycles. The van der Waals surface area contributed by atoms with E-state index in [1.807, 2.05) is 0 Å². The molecule has 0 amide bonds. The lowest BCUT2D eigenvalue weighted by Crippen LogP contribution is -2.12. The molecule has 13 heavy (non-hydrogen) atoms. The summed E-state index contributed by atoms with van der Waals surface area (Å²) in [5.74, 6) is 2.65. The van der Waals surface area contributed by atoms with E-state index in [0.29, 0.717) is 4.58 Å². The Morgan fingerprint density at radius 3 is 2.38 bits per heavy atom. The highest BCUT2D eigenvalue weighted by atomic mass is 35.5. The zero-order chi connectivity index (χ0) is 9.10. The predicted molar refractivity (Wildman–Crippen MR) is 64.7 cm³/mol. The topological polar surface area (TPSA) is 0 Å². The van der Waals surface area contributed by atoms with Gasteiger partial charge in [-0.25, -0.2) is 0 Å².